The summed E-state index contributed by atoms with van der Waals surface area (Å²) in [5, 5.41) is 0.999. The molecule has 0 atom stereocenters. The number of pyridine rings is 1. The Balaban J connectivity index is 1.40. The van der Waals surface area contributed by atoms with Crippen LogP contribution in [0.3, 0.4) is 0 Å². The number of imide groups is 1. The maximum atomic E-state index is 12.0. The number of nitrogens with zero attached hydrogens (tertiary/aromatic N) is 2. The normalized spacial score (nSPS) is 13.6. The molecule has 0 fully saturated rings. The van der Waals surface area contributed by atoms with Crippen molar-refractivity contribution in [2.24, 2.45) is 0 Å². The number of hydrogen-bond acceptors (Lipinski definition) is 5. The van der Waals surface area contributed by atoms with Gasteiger partial charge in [-0.05, 0) is 37.0 Å². The molecule has 0 radical (unpaired) electrons. The van der Waals surface area contributed by atoms with Gasteiger partial charge in [0.2, 0.25) is 0 Å². The highest BCUT2D eigenvalue weighted by Crippen LogP contribution is 2.21. The molecule has 0 aliphatic carbocycles. The van der Waals surface area contributed by atoms with E-state index in [0.29, 0.717) is 25.8 Å². The Morgan fingerprint density at radius 3 is 2.63 bits per heavy atom. The molecule has 0 unspecified atom stereocenters. The lowest BCUT2D eigenvalue weighted by Crippen LogP contribution is -2.30. The fourth-order valence-corrected chi connectivity index (χ4v) is 3.10. The summed E-state index contributed by atoms with van der Waals surface area (Å²) in [7, 11) is 0. The first-order chi connectivity index (χ1) is 13.1. The van der Waals surface area contributed by atoms with Crippen LogP contribution in [0.25, 0.3) is 10.9 Å². The Labute approximate surface area is 157 Å². The molecule has 1 aromatic heterocycles. The topological polar surface area (TPSA) is 76.6 Å². The molecule has 0 saturated heterocycles. The van der Waals surface area contributed by atoms with Crippen molar-refractivity contribution in [3.05, 3.63) is 53.7 Å². The highest BCUT2D eigenvalue weighted by molar-refractivity contribution is 6.12. The maximum Gasteiger partial charge on any atom is 0.306 e. The molecular weight excluding hydrogens is 344 g/mol. The van der Waals surface area contributed by atoms with Crippen LogP contribution in [-0.2, 0) is 25.7 Å². The second-order valence-electron chi connectivity index (χ2n) is 6.57. The molecule has 6 nitrogen and oxygen atoms in total. The lowest BCUT2D eigenvalue weighted by molar-refractivity contribution is -0.145. The fourth-order valence-electron chi connectivity index (χ4n) is 3.10. The minimum atomic E-state index is -0.265. The van der Waals surface area contributed by atoms with Crippen LogP contribution < -0.4 is 0 Å². The van der Waals surface area contributed by atoms with E-state index in [1.54, 1.807) is 6.20 Å². The van der Waals surface area contributed by atoms with E-state index in [1.807, 2.05) is 31.2 Å². The van der Waals surface area contributed by atoms with Gasteiger partial charge in [0.1, 0.15) is 6.61 Å². The van der Waals surface area contributed by atoms with Gasteiger partial charge in [-0.3, -0.25) is 24.3 Å². The average molecular weight is 366 g/mol. The number of benzene rings is 1. The summed E-state index contributed by atoms with van der Waals surface area (Å²) in [5.74, 6) is -0.777. The SMILES string of the molecule is Cc1ccc(COC(=O)CCCCCN2C(=O)C=CC2=O)c2cccnc12. The molecule has 140 valence electrons. The first kappa shape index (κ1) is 18.8. The van der Waals surface area contributed by atoms with Gasteiger partial charge >= 0.3 is 5.97 Å². The van der Waals surface area contributed by atoms with E-state index in [4.69, 9.17) is 4.74 Å². The Morgan fingerprint density at radius 2 is 1.85 bits per heavy atom. The molecule has 2 heterocycles. The van der Waals surface area contributed by atoms with Crippen LogP contribution in [0.4, 0.5) is 0 Å². The smallest absolute Gasteiger partial charge is 0.306 e. The highest BCUT2D eigenvalue weighted by atomic mass is 16.5. The van der Waals surface area contributed by atoms with Crippen molar-refractivity contribution in [2.45, 2.75) is 39.2 Å². The van der Waals surface area contributed by atoms with Crippen LogP contribution in [-0.4, -0.2) is 34.2 Å². The van der Waals surface area contributed by atoms with Crippen LogP contribution in [0, 0.1) is 6.92 Å². The third kappa shape index (κ3) is 4.58. The molecule has 0 saturated carbocycles. The number of unbranched alkanes of at least 4 members (excludes halogenated alkanes) is 2. The van der Waals surface area contributed by atoms with Crippen LogP contribution in [0.15, 0.2) is 42.6 Å². The molecule has 0 spiro atoms. The monoisotopic (exact) mass is 366 g/mol. The van der Waals surface area contributed by atoms with Crippen molar-refractivity contribution in [2.75, 3.05) is 6.54 Å². The number of carbonyl (C=O) groups is 3. The van der Waals surface area contributed by atoms with E-state index in [2.05, 4.69) is 4.98 Å². The van der Waals surface area contributed by atoms with Crippen molar-refractivity contribution in [1.29, 1.82) is 0 Å². The number of aryl methyl sites for hydroxylation is 1. The number of hydrogen-bond donors (Lipinski definition) is 0. The Morgan fingerprint density at radius 1 is 1.07 bits per heavy atom. The number of fused-ring (bicyclic) bond motifs is 1. The van der Waals surface area contributed by atoms with E-state index in [0.717, 1.165) is 28.5 Å². The van der Waals surface area contributed by atoms with Gasteiger partial charge < -0.3 is 4.74 Å². The Kier molecular flexibility index (Phi) is 5.96. The lowest BCUT2D eigenvalue weighted by atomic mass is 10.1. The van der Waals surface area contributed by atoms with Crippen LogP contribution in [0.5, 0.6) is 0 Å². The number of aromatic nitrogens is 1. The number of amides is 2. The van der Waals surface area contributed by atoms with Gasteiger partial charge in [0.15, 0.2) is 0 Å². The summed E-state index contributed by atoms with van der Waals surface area (Å²) in [6.07, 6.45) is 6.74. The third-order valence-electron chi connectivity index (χ3n) is 4.61. The molecular formula is C21H22N2O4. The second kappa shape index (κ2) is 8.58. The number of carbonyl (C=O) groups excluding carboxylic acids is 3. The summed E-state index contributed by atoms with van der Waals surface area (Å²) in [6, 6.07) is 7.80. The fraction of sp³-hybridized carbons (Fsp3) is 0.333. The van der Waals surface area contributed by atoms with E-state index < -0.39 is 0 Å². The second-order valence-corrected chi connectivity index (χ2v) is 6.57. The van der Waals surface area contributed by atoms with E-state index in [1.165, 1.54) is 17.1 Å². The predicted octanol–water partition coefficient (Wildman–Crippen LogP) is 3.07. The summed E-state index contributed by atoms with van der Waals surface area (Å²) in [5.41, 5.74) is 2.95. The largest absolute Gasteiger partial charge is 0.461 e. The van der Waals surface area contributed by atoms with Crippen molar-refractivity contribution < 1.29 is 19.1 Å². The molecule has 1 aromatic carbocycles. The summed E-state index contributed by atoms with van der Waals surface area (Å²) < 4.78 is 5.39. The standard InChI is InChI=1S/C21H22N2O4/c1-15-8-9-16(17-6-5-12-22-21(15)17)14-27-20(26)7-3-2-4-13-23-18(24)10-11-19(23)25/h5-6,8-12H,2-4,7,13-14H2,1H3. The Bertz CT molecular complexity index is 886. The molecule has 2 aromatic rings. The minimum absolute atomic E-state index is 0.226. The van der Waals surface area contributed by atoms with Gasteiger partial charge in [-0.15, -0.1) is 0 Å². The maximum absolute atomic E-state index is 12.0. The van der Waals surface area contributed by atoms with Crippen molar-refractivity contribution in [3.8, 4) is 0 Å². The van der Waals surface area contributed by atoms with Crippen molar-refractivity contribution in [3.63, 3.8) is 0 Å². The third-order valence-corrected chi connectivity index (χ3v) is 4.61. The zero-order valence-electron chi connectivity index (χ0n) is 15.3. The molecule has 0 bridgehead atoms. The molecule has 27 heavy (non-hydrogen) atoms. The molecule has 1 aliphatic rings. The van der Waals surface area contributed by atoms with Gasteiger partial charge in [0, 0.05) is 36.7 Å². The minimum Gasteiger partial charge on any atom is -0.461 e. The predicted molar refractivity (Wildman–Crippen MR) is 101 cm³/mol. The first-order valence-electron chi connectivity index (χ1n) is 9.08. The average Bonchev–Trinajstić information content (AvgIpc) is 2.99. The van der Waals surface area contributed by atoms with E-state index in [9.17, 15) is 14.4 Å². The van der Waals surface area contributed by atoms with Crippen LogP contribution >= 0.6 is 0 Å². The van der Waals surface area contributed by atoms with Gasteiger partial charge in [-0.25, -0.2) is 0 Å². The Hall–Kier alpha value is -3.02. The summed E-state index contributed by atoms with van der Waals surface area (Å²) in [6.45, 7) is 2.62. The number of esters is 1. The highest BCUT2D eigenvalue weighted by Gasteiger charge is 2.22. The summed E-state index contributed by atoms with van der Waals surface area (Å²) in [4.78, 5) is 40.4. The zero-order valence-corrected chi connectivity index (χ0v) is 15.3. The van der Waals surface area contributed by atoms with Gasteiger partial charge in [0.05, 0.1) is 5.52 Å². The van der Waals surface area contributed by atoms with E-state index >= 15 is 0 Å². The van der Waals surface area contributed by atoms with Crippen LogP contribution in [0.2, 0.25) is 0 Å². The van der Waals surface area contributed by atoms with Gasteiger partial charge in [-0.2, -0.15) is 0 Å². The molecule has 2 amide bonds. The van der Waals surface area contributed by atoms with E-state index in [-0.39, 0.29) is 24.4 Å². The zero-order chi connectivity index (χ0) is 19.2. The van der Waals surface area contributed by atoms with Crippen molar-refractivity contribution >= 4 is 28.7 Å². The van der Waals surface area contributed by atoms with Gasteiger partial charge in [-0.1, -0.05) is 24.6 Å². The number of ether oxygens (including phenoxy) is 1. The molecule has 3 rings (SSSR count). The van der Waals surface area contributed by atoms with Gasteiger partial charge in [0.25, 0.3) is 11.8 Å². The quantitative estimate of drug-likeness (QED) is 0.408. The van der Waals surface area contributed by atoms with Crippen molar-refractivity contribution in [1.82, 2.24) is 9.88 Å². The molecule has 0 N–H and O–H groups in total. The van der Waals surface area contributed by atoms with Crippen LogP contribution in [0.1, 0.15) is 36.8 Å². The lowest BCUT2D eigenvalue weighted by Gasteiger charge is -2.13. The number of rotatable bonds is 8. The molecule has 1 aliphatic heterocycles. The summed E-state index contributed by atoms with van der Waals surface area (Å²) >= 11 is 0. The molecule has 6 heteroatoms. The first-order valence-corrected chi connectivity index (χ1v) is 9.08.